The minimum Gasteiger partial charge on any atom is -0.368 e. The number of nitrogens with two attached hydrogens (primary N) is 1. The highest BCUT2D eigenvalue weighted by atomic mass is 15.1. The topological polar surface area (TPSA) is 64.7 Å². The lowest BCUT2D eigenvalue weighted by molar-refractivity contribution is 0.397. The molecule has 0 amide bonds. The monoisotopic (exact) mass is 222 g/mol. The summed E-state index contributed by atoms with van der Waals surface area (Å²) in [4.78, 5) is 12.9. The van der Waals surface area contributed by atoms with Crippen LogP contribution in [0, 0.1) is 5.41 Å². The number of nitrogen functional groups attached to an aromatic ring is 1. The van der Waals surface area contributed by atoms with E-state index in [1.54, 1.807) is 0 Å². The summed E-state index contributed by atoms with van der Waals surface area (Å²) in [5.74, 6) is 1.86. The van der Waals surface area contributed by atoms with Crippen LogP contribution in [0.5, 0.6) is 0 Å². The molecule has 0 fully saturated rings. The maximum absolute atomic E-state index is 5.71. The molecular formula is C12H22N4. The maximum Gasteiger partial charge on any atom is 0.223 e. The van der Waals surface area contributed by atoms with Crippen LogP contribution in [0.3, 0.4) is 0 Å². The van der Waals surface area contributed by atoms with Gasteiger partial charge < -0.3 is 5.73 Å². The van der Waals surface area contributed by atoms with Gasteiger partial charge >= 0.3 is 0 Å². The predicted octanol–water partition coefficient (Wildman–Crippen LogP) is 2.34. The van der Waals surface area contributed by atoms with Crippen LogP contribution < -0.4 is 5.73 Å². The van der Waals surface area contributed by atoms with Crippen LogP contribution in [0.25, 0.3) is 0 Å². The zero-order valence-corrected chi connectivity index (χ0v) is 11.1. The second kappa shape index (κ2) is 4.00. The standard InChI is InChI=1S/C12H22N4/c1-11(2,3)7-8-14-9(12(4,5)6)16-10(13)15-8/h7H2,1-6H3,(H2,13,14,15,16). The van der Waals surface area contributed by atoms with Gasteiger partial charge in [-0.15, -0.1) is 0 Å². The fraction of sp³-hybridized carbons (Fsp3) is 0.750. The lowest BCUT2D eigenvalue weighted by atomic mass is 9.91. The number of nitrogens with zero attached hydrogens (tertiary/aromatic N) is 3. The summed E-state index contributed by atoms with van der Waals surface area (Å²) in [7, 11) is 0. The number of anilines is 1. The van der Waals surface area contributed by atoms with Crippen LogP contribution in [-0.4, -0.2) is 15.0 Å². The van der Waals surface area contributed by atoms with Crippen LogP contribution >= 0.6 is 0 Å². The van der Waals surface area contributed by atoms with E-state index in [1.807, 2.05) is 0 Å². The molecule has 0 spiro atoms. The Labute approximate surface area is 97.7 Å². The third-order valence-electron chi connectivity index (χ3n) is 2.06. The zero-order valence-electron chi connectivity index (χ0n) is 11.1. The van der Waals surface area contributed by atoms with Gasteiger partial charge in [0, 0.05) is 11.8 Å². The fourth-order valence-corrected chi connectivity index (χ4v) is 1.33. The van der Waals surface area contributed by atoms with E-state index in [4.69, 9.17) is 5.73 Å². The molecule has 0 radical (unpaired) electrons. The molecule has 0 saturated heterocycles. The van der Waals surface area contributed by atoms with Gasteiger partial charge in [-0.2, -0.15) is 9.97 Å². The van der Waals surface area contributed by atoms with Crippen LogP contribution in [0.1, 0.15) is 53.2 Å². The van der Waals surface area contributed by atoms with E-state index in [9.17, 15) is 0 Å². The molecule has 0 aliphatic carbocycles. The summed E-state index contributed by atoms with van der Waals surface area (Å²) in [6.07, 6.45) is 0.808. The molecule has 0 aliphatic heterocycles. The number of hydrogen-bond acceptors (Lipinski definition) is 4. The highest BCUT2D eigenvalue weighted by Crippen LogP contribution is 2.22. The SMILES string of the molecule is CC(C)(C)Cc1nc(N)nc(C(C)(C)C)n1. The summed E-state index contributed by atoms with van der Waals surface area (Å²) < 4.78 is 0. The average molecular weight is 222 g/mol. The number of aromatic nitrogens is 3. The third kappa shape index (κ3) is 3.76. The Balaban J connectivity index is 3.09. The molecule has 0 bridgehead atoms. The summed E-state index contributed by atoms with van der Waals surface area (Å²) >= 11 is 0. The first-order chi connectivity index (χ1) is 7.08. The fourth-order valence-electron chi connectivity index (χ4n) is 1.33. The van der Waals surface area contributed by atoms with Gasteiger partial charge in [-0.25, -0.2) is 4.98 Å². The van der Waals surface area contributed by atoms with E-state index in [2.05, 4.69) is 56.5 Å². The van der Waals surface area contributed by atoms with Gasteiger partial charge in [0.15, 0.2) is 0 Å². The van der Waals surface area contributed by atoms with Gasteiger partial charge in [0.1, 0.15) is 11.6 Å². The van der Waals surface area contributed by atoms with Crippen molar-refractivity contribution in [3.63, 3.8) is 0 Å². The summed E-state index contributed by atoms with van der Waals surface area (Å²) in [5.41, 5.74) is 5.77. The summed E-state index contributed by atoms with van der Waals surface area (Å²) in [6, 6.07) is 0. The molecule has 1 rings (SSSR count). The smallest absolute Gasteiger partial charge is 0.223 e. The van der Waals surface area contributed by atoms with Gasteiger partial charge in [0.05, 0.1) is 0 Å². The lowest BCUT2D eigenvalue weighted by Crippen LogP contribution is -2.21. The Morgan fingerprint density at radius 1 is 0.938 bits per heavy atom. The molecule has 90 valence electrons. The van der Waals surface area contributed by atoms with Crippen LogP contribution in [0.4, 0.5) is 5.95 Å². The van der Waals surface area contributed by atoms with E-state index in [-0.39, 0.29) is 10.8 Å². The number of hydrogen-bond donors (Lipinski definition) is 1. The van der Waals surface area contributed by atoms with Crippen molar-refractivity contribution in [3.8, 4) is 0 Å². The van der Waals surface area contributed by atoms with Crippen molar-refractivity contribution in [1.29, 1.82) is 0 Å². The molecule has 1 heterocycles. The third-order valence-corrected chi connectivity index (χ3v) is 2.06. The predicted molar refractivity (Wildman–Crippen MR) is 66.1 cm³/mol. The van der Waals surface area contributed by atoms with Crippen molar-refractivity contribution in [1.82, 2.24) is 15.0 Å². The molecule has 4 heteroatoms. The van der Waals surface area contributed by atoms with Gasteiger partial charge in [-0.1, -0.05) is 41.5 Å². The van der Waals surface area contributed by atoms with E-state index >= 15 is 0 Å². The Morgan fingerprint density at radius 3 is 1.94 bits per heavy atom. The van der Waals surface area contributed by atoms with Gasteiger partial charge in [-0.05, 0) is 5.41 Å². The van der Waals surface area contributed by atoms with Crippen LogP contribution in [0.15, 0.2) is 0 Å². The van der Waals surface area contributed by atoms with Crippen molar-refractivity contribution >= 4 is 5.95 Å². The van der Waals surface area contributed by atoms with E-state index in [0.29, 0.717) is 5.95 Å². The van der Waals surface area contributed by atoms with Crippen LogP contribution in [-0.2, 0) is 11.8 Å². The van der Waals surface area contributed by atoms with Crippen molar-refractivity contribution in [2.45, 2.75) is 53.4 Å². The minimum absolute atomic E-state index is 0.0936. The first kappa shape index (κ1) is 12.9. The molecule has 0 unspecified atom stereocenters. The molecule has 0 atom stereocenters. The normalized spacial score (nSPS) is 12.9. The highest BCUT2D eigenvalue weighted by molar-refractivity contribution is 5.19. The average Bonchev–Trinajstić information content (AvgIpc) is 1.97. The van der Waals surface area contributed by atoms with E-state index < -0.39 is 0 Å². The largest absolute Gasteiger partial charge is 0.368 e. The molecule has 4 nitrogen and oxygen atoms in total. The van der Waals surface area contributed by atoms with Crippen molar-refractivity contribution in [2.24, 2.45) is 5.41 Å². The minimum atomic E-state index is -0.0936. The maximum atomic E-state index is 5.71. The Bertz CT molecular complexity index is 372. The number of rotatable bonds is 1. The molecule has 16 heavy (non-hydrogen) atoms. The molecule has 1 aromatic rings. The lowest BCUT2D eigenvalue weighted by Gasteiger charge is -2.20. The Morgan fingerprint density at radius 2 is 1.50 bits per heavy atom. The van der Waals surface area contributed by atoms with E-state index in [1.165, 1.54) is 0 Å². The first-order valence-electron chi connectivity index (χ1n) is 5.59. The molecule has 2 N–H and O–H groups in total. The zero-order chi connectivity index (χ0) is 12.6. The summed E-state index contributed by atoms with van der Waals surface area (Å²) in [6.45, 7) is 12.7. The second-order valence-electron chi connectivity index (χ2n) is 6.42. The van der Waals surface area contributed by atoms with Gasteiger partial charge in [0.25, 0.3) is 0 Å². The molecule has 0 saturated carbocycles. The van der Waals surface area contributed by atoms with E-state index in [0.717, 1.165) is 18.1 Å². The first-order valence-corrected chi connectivity index (χ1v) is 5.59. The van der Waals surface area contributed by atoms with Crippen molar-refractivity contribution in [3.05, 3.63) is 11.6 Å². The Hall–Kier alpha value is -1.19. The molecule has 0 aromatic carbocycles. The second-order valence-corrected chi connectivity index (χ2v) is 6.42. The molecule has 1 aromatic heterocycles. The highest BCUT2D eigenvalue weighted by Gasteiger charge is 2.21. The summed E-state index contributed by atoms with van der Waals surface area (Å²) in [5, 5.41) is 0. The van der Waals surface area contributed by atoms with Gasteiger partial charge in [-0.3, -0.25) is 0 Å². The molecule has 0 aliphatic rings. The Kier molecular flexibility index (Phi) is 3.22. The van der Waals surface area contributed by atoms with Gasteiger partial charge in [0.2, 0.25) is 5.95 Å². The van der Waals surface area contributed by atoms with Crippen molar-refractivity contribution in [2.75, 3.05) is 5.73 Å². The quantitative estimate of drug-likeness (QED) is 0.792. The molecular weight excluding hydrogens is 200 g/mol. The van der Waals surface area contributed by atoms with Crippen molar-refractivity contribution < 1.29 is 0 Å². The van der Waals surface area contributed by atoms with Crippen LogP contribution in [0.2, 0.25) is 0 Å².